The highest BCUT2D eigenvalue weighted by Gasteiger charge is 2.49. The number of alkyl halides is 2. The van der Waals surface area contributed by atoms with Gasteiger partial charge in [-0.05, 0) is 47.4 Å². The van der Waals surface area contributed by atoms with E-state index in [9.17, 15) is 23.6 Å². The SMILES string of the molecule is CC(C)[C@@H](NC(=O)c1ccnc2ccc(-c3ccc(Cl)cc3)cc12)C(=O)N1CC(F)(F)C[C@H]1C#N. The van der Waals surface area contributed by atoms with Crippen LogP contribution >= 0.6 is 11.6 Å². The topological polar surface area (TPSA) is 86.1 Å². The summed E-state index contributed by atoms with van der Waals surface area (Å²) in [6.45, 7) is 2.58. The third-order valence-electron chi connectivity index (χ3n) is 6.09. The van der Waals surface area contributed by atoms with Gasteiger partial charge in [-0.3, -0.25) is 14.6 Å². The molecule has 3 aromatic rings. The number of hydrogen-bond donors (Lipinski definition) is 1. The van der Waals surface area contributed by atoms with Crippen LogP contribution in [0.4, 0.5) is 8.78 Å². The van der Waals surface area contributed by atoms with Crippen LogP contribution in [-0.4, -0.2) is 46.2 Å². The lowest BCUT2D eigenvalue weighted by Gasteiger charge is -2.28. The van der Waals surface area contributed by atoms with Crippen molar-refractivity contribution in [1.29, 1.82) is 5.26 Å². The molecule has 0 bridgehead atoms. The number of rotatable bonds is 5. The van der Waals surface area contributed by atoms with Crippen LogP contribution in [0.2, 0.25) is 5.02 Å². The minimum absolute atomic E-state index is 0.299. The molecule has 4 rings (SSSR count). The smallest absolute Gasteiger partial charge is 0.268 e. The predicted octanol–water partition coefficient (Wildman–Crippen LogP) is 5.07. The van der Waals surface area contributed by atoms with Crippen molar-refractivity contribution < 1.29 is 18.4 Å². The molecule has 35 heavy (non-hydrogen) atoms. The zero-order valence-corrected chi connectivity index (χ0v) is 19.9. The minimum atomic E-state index is -3.14. The maximum absolute atomic E-state index is 13.9. The lowest BCUT2D eigenvalue weighted by molar-refractivity contribution is -0.135. The molecule has 0 unspecified atom stereocenters. The van der Waals surface area contributed by atoms with E-state index in [-0.39, 0.29) is 0 Å². The number of pyridine rings is 1. The molecule has 1 saturated heterocycles. The molecule has 180 valence electrons. The molecule has 0 aliphatic carbocycles. The summed E-state index contributed by atoms with van der Waals surface area (Å²) in [5.74, 6) is -4.76. The van der Waals surface area contributed by atoms with E-state index >= 15 is 0 Å². The zero-order chi connectivity index (χ0) is 25.3. The third-order valence-corrected chi connectivity index (χ3v) is 6.34. The molecular formula is C26H23ClF2N4O2. The highest BCUT2D eigenvalue weighted by molar-refractivity contribution is 6.30. The first-order valence-electron chi connectivity index (χ1n) is 11.1. The molecule has 6 nitrogen and oxygen atoms in total. The maximum atomic E-state index is 13.9. The largest absolute Gasteiger partial charge is 0.340 e. The number of nitriles is 1. The summed E-state index contributed by atoms with van der Waals surface area (Å²) in [6.07, 6.45) is 0.786. The van der Waals surface area contributed by atoms with Crippen LogP contribution in [-0.2, 0) is 4.79 Å². The fraction of sp³-hybridized carbons (Fsp3) is 0.308. The second-order valence-corrected chi connectivity index (χ2v) is 9.40. The Morgan fingerprint density at radius 1 is 1.17 bits per heavy atom. The molecule has 1 fully saturated rings. The number of benzene rings is 2. The molecule has 9 heteroatoms. The third kappa shape index (κ3) is 5.10. The highest BCUT2D eigenvalue weighted by atomic mass is 35.5. The fourth-order valence-corrected chi connectivity index (χ4v) is 4.37. The summed E-state index contributed by atoms with van der Waals surface area (Å²) in [5.41, 5.74) is 2.64. The van der Waals surface area contributed by atoms with Crippen molar-refractivity contribution in [2.45, 2.75) is 38.3 Å². The van der Waals surface area contributed by atoms with E-state index in [1.165, 1.54) is 6.20 Å². The summed E-state index contributed by atoms with van der Waals surface area (Å²) < 4.78 is 27.8. The number of nitrogens with zero attached hydrogens (tertiary/aromatic N) is 3. The Balaban J connectivity index is 1.64. The van der Waals surface area contributed by atoms with Crippen molar-refractivity contribution in [3.8, 4) is 17.2 Å². The average molecular weight is 497 g/mol. The van der Waals surface area contributed by atoms with E-state index in [4.69, 9.17) is 11.6 Å². The van der Waals surface area contributed by atoms with Gasteiger partial charge in [0.1, 0.15) is 12.1 Å². The van der Waals surface area contributed by atoms with Crippen LogP contribution in [0, 0.1) is 17.2 Å². The van der Waals surface area contributed by atoms with Gasteiger partial charge >= 0.3 is 0 Å². The first-order valence-corrected chi connectivity index (χ1v) is 11.5. The van der Waals surface area contributed by atoms with E-state index in [1.807, 2.05) is 24.3 Å². The minimum Gasteiger partial charge on any atom is -0.340 e. The van der Waals surface area contributed by atoms with Gasteiger partial charge in [0.25, 0.3) is 11.8 Å². The molecule has 2 amide bonds. The van der Waals surface area contributed by atoms with Crippen LogP contribution in [0.5, 0.6) is 0 Å². The average Bonchev–Trinajstić information content (AvgIpc) is 3.16. The Labute approximate surface area is 206 Å². The van der Waals surface area contributed by atoms with Crippen LogP contribution in [0.3, 0.4) is 0 Å². The molecule has 1 aliphatic heterocycles. The van der Waals surface area contributed by atoms with E-state index in [1.54, 1.807) is 44.2 Å². The predicted molar refractivity (Wildman–Crippen MR) is 129 cm³/mol. The lowest BCUT2D eigenvalue weighted by atomic mass is 9.99. The maximum Gasteiger partial charge on any atom is 0.268 e. The van der Waals surface area contributed by atoms with Gasteiger partial charge < -0.3 is 10.2 Å². The fourth-order valence-electron chi connectivity index (χ4n) is 4.24. The zero-order valence-electron chi connectivity index (χ0n) is 19.1. The number of aromatic nitrogens is 1. The van der Waals surface area contributed by atoms with Gasteiger partial charge in [-0.2, -0.15) is 5.26 Å². The normalized spacial score (nSPS) is 17.9. The van der Waals surface area contributed by atoms with Gasteiger partial charge in [0, 0.05) is 23.0 Å². The van der Waals surface area contributed by atoms with Gasteiger partial charge in [-0.15, -0.1) is 0 Å². The number of amides is 2. The number of carbonyl (C=O) groups excluding carboxylic acids is 2. The lowest BCUT2D eigenvalue weighted by Crippen LogP contribution is -2.52. The van der Waals surface area contributed by atoms with Gasteiger partial charge in [-0.1, -0.05) is 43.6 Å². The number of carbonyl (C=O) groups is 2. The summed E-state index contributed by atoms with van der Waals surface area (Å²) in [6, 6.07) is 13.8. The number of likely N-dealkylation sites (tertiary alicyclic amines) is 1. The van der Waals surface area contributed by atoms with Crippen LogP contribution in [0.25, 0.3) is 22.0 Å². The first-order chi connectivity index (χ1) is 16.6. The van der Waals surface area contributed by atoms with Crippen LogP contribution < -0.4 is 5.32 Å². The Bertz CT molecular complexity index is 1320. The van der Waals surface area contributed by atoms with Crippen molar-refractivity contribution in [3.05, 3.63) is 65.3 Å². The summed E-state index contributed by atoms with van der Waals surface area (Å²) in [4.78, 5) is 31.7. The monoisotopic (exact) mass is 496 g/mol. The molecular weight excluding hydrogens is 474 g/mol. The van der Waals surface area contributed by atoms with Crippen molar-refractivity contribution in [2.24, 2.45) is 5.92 Å². The van der Waals surface area contributed by atoms with Gasteiger partial charge in [-0.25, -0.2) is 8.78 Å². The van der Waals surface area contributed by atoms with Crippen molar-refractivity contribution in [1.82, 2.24) is 15.2 Å². The molecule has 1 aliphatic rings. The summed E-state index contributed by atoms with van der Waals surface area (Å²) in [7, 11) is 0. The Hall–Kier alpha value is -3.57. The van der Waals surface area contributed by atoms with Crippen molar-refractivity contribution in [3.63, 3.8) is 0 Å². The Morgan fingerprint density at radius 3 is 2.51 bits per heavy atom. The van der Waals surface area contributed by atoms with Crippen molar-refractivity contribution in [2.75, 3.05) is 6.54 Å². The van der Waals surface area contributed by atoms with Gasteiger partial charge in [0.2, 0.25) is 5.91 Å². The molecule has 2 heterocycles. The van der Waals surface area contributed by atoms with Crippen LogP contribution in [0.1, 0.15) is 30.6 Å². The van der Waals surface area contributed by atoms with E-state index < -0.39 is 48.7 Å². The van der Waals surface area contributed by atoms with E-state index in [2.05, 4.69) is 10.3 Å². The van der Waals surface area contributed by atoms with Crippen molar-refractivity contribution >= 4 is 34.3 Å². The molecule has 1 N–H and O–H groups in total. The number of nitrogens with one attached hydrogen (secondary N) is 1. The summed E-state index contributed by atoms with van der Waals surface area (Å²) >= 11 is 5.99. The van der Waals surface area contributed by atoms with E-state index in [0.29, 0.717) is 21.5 Å². The molecule has 0 saturated carbocycles. The second-order valence-electron chi connectivity index (χ2n) is 8.96. The second kappa shape index (κ2) is 9.59. The molecule has 2 aromatic carbocycles. The van der Waals surface area contributed by atoms with Crippen LogP contribution in [0.15, 0.2) is 54.7 Å². The molecule has 2 atom stereocenters. The van der Waals surface area contributed by atoms with E-state index in [0.717, 1.165) is 16.0 Å². The first kappa shape index (κ1) is 24.6. The number of halogens is 3. The van der Waals surface area contributed by atoms with Gasteiger partial charge in [0.05, 0.1) is 23.7 Å². The quantitative estimate of drug-likeness (QED) is 0.534. The highest BCUT2D eigenvalue weighted by Crippen LogP contribution is 2.33. The standard InChI is InChI=1S/C26H23ClF2N4O2/c1-15(2)23(25(35)33-14-26(28,29)12-19(33)13-30)32-24(34)20-9-10-31-22-8-5-17(11-21(20)22)16-3-6-18(27)7-4-16/h3-11,15,19,23H,12,14H2,1-2H3,(H,32,34)/t19-,23+/m0/s1. The molecule has 1 aromatic heterocycles. The number of fused-ring (bicyclic) bond motifs is 1. The van der Waals surface area contributed by atoms with Gasteiger partial charge in [0.15, 0.2) is 0 Å². The Kier molecular flexibility index (Phi) is 6.73. The number of hydrogen-bond acceptors (Lipinski definition) is 4. The molecule has 0 radical (unpaired) electrons. The molecule has 0 spiro atoms. The summed E-state index contributed by atoms with van der Waals surface area (Å²) in [5, 5.41) is 13.2. The Morgan fingerprint density at radius 2 is 1.86 bits per heavy atom.